The molecule has 128 valence electrons. The number of methoxy groups -OCH3 is 1. The topological polar surface area (TPSA) is 70.8 Å². The van der Waals surface area contributed by atoms with Gasteiger partial charge in [-0.05, 0) is 12.0 Å². The fraction of sp³-hybridized carbons (Fsp3) is 0.316. The first-order valence-electron chi connectivity index (χ1n) is 7.97. The molecule has 0 saturated heterocycles. The summed E-state index contributed by atoms with van der Waals surface area (Å²) >= 11 is 0. The van der Waals surface area contributed by atoms with Gasteiger partial charge >= 0.3 is 5.97 Å². The van der Waals surface area contributed by atoms with Gasteiger partial charge in [-0.15, -0.1) is 0 Å². The van der Waals surface area contributed by atoms with Gasteiger partial charge in [0.25, 0.3) is 0 Å². The summed E-state index contributed by atoms with van der Waals surface area (Å²) < 4.78 is 16.3. The molecule has 0 aromatic heterocycles. The van der Waals surface area contributed by atoms with E-state index in [-0.39, 0.29) is 5.56 Å². The number of carbonyl (C=O) groups excluding carboxylic acids is 1. The first kappa shape index (κ1) is 17.7. The molecular weight excluding hydrogens is 306 g/mol. The number of nitrogen functional groups attached to an aromatic ring is 1. The normalized spacial score (nSPS) is 10.2. The third kappa shape index (κ3) is 4.65. The first-order chi connectivity index (χ1) is 11.7. The quantitative estimate of drug-likeness (QED) is 0.453. The number of ether oxygens (including phenoxy) is 3. The highest BCUT2D eigenvalue weighted by Crippen LogP contribution is 2.33. The summed E-state index contributed by atoms with van der Waals surface area (Å²) in [6.07, 6.45) is 1.78. The average Bonchev–Trinajstić information content (AvgIpc) is 2.61. The Balaban J connectivity index is 2.12. The Kier molecular flexibility index (Phi) is 6.49. The Bertz CT molecular complexity index is 671. The zero-order valence-electron chi connectivity index (χ0n) is 14.1. The minimum Gasteiger partial charge on any atom is -0.493 e. The molecule has 0 radical (unpaired) electrons. The van der Waals surface area contributed by atoms with Crippen molar-refractivity contribution in [2.45, 2.75) is 26.4 Å². The van der Waals surface area contributed by atoms with Crippen LogP contribution in [0, 0.1) is 0 Å². The van der Waals surface area contributed by atoms with E-state index >= 15 is 0 Å². The van der Waals surface area contributed by atoms with Gasteiger partial charge in [-0.2, -0.15) is 0 Å². The van der Waals surface area contributed by atoms with Gasteiger partial charge in [-0.3, -0.25) is 0 Å². The molecule has 0 atom stereocenters. The van der Waals surface area contributed by atoms with E-state index in [4.69, 9.17) is 19.9 Å². The highest BCUT2D eigenvalue weighted by Gasteiger charge is 2.17. The molecule has 0 heterocycles. The largest absolute Gasteiger partial charge is 0.493 e. The van der Waals surface area contributed by atoms with Crippen LogP contribution in [0.25, 0.3) is 0 Å². The van der Waals surface area contributed by atoms with E-state index in [1.54, 1.807) is 12.1 Å². The van der Waals surface area contributed by atoms with Crippen LogP contribution < -0.4 is 15.2 Å². The van der Waals surface area contributed by atoms with E-state index in [1.807, 2.05) is 37.3 Å². The Hall–Kier alpha value is -2.69. The Morgan fingerprint density at radius 3 is 2.54 bits per heavy atom. The molecule has 2 N–H and O–H groups in total. The smallest absolute Gasteiger partial charge is 0.340 e. The molecule has 0 fully saturated rings. The second kappa shape index (κ2) is 8.82. The van der Waals surface area contributed by atoms with E-state index in [2.05, 4.69) is 0 Å². The number of hydrogen-bond acceptors (Lipinski definition) is 5. The van der Waals surface area contributed by atoms with Crippen LogP contribution in [0.3, 0.4) is 0 Å². The van der Waals surface area contributed by atoms with Crippen molar-refractivity contribution in [1.82, 2.24) is 0 Å². The molecule has 2 aromatic rings. The molecule has 0 spiro atoms. The average molecular weight is 329 g/mol. The van der Waals surface area contributed by atoms with Crippen molar-refractivity contribution < 1.29 is 19.0 Å². The van der Waals surface area contributed by atoms with Crippen LogP contribution in [-0.4, -0.2) is 19.7 Å². The highest BCUT2D eigenvalue weighted by molar-refractivity contribution is 5.96. The fourth-order valence-corrected chi connectivity index (χ4v) is 2.15. The molecule has 2 rings (SSSR count). The standard InChI is InChI=1S/C19H23NO4/c1-3-4-10-23-19(21)15-11-17(22-2)18(12-16(15)20)24-13-14-8-6-5-7-9-14/h5-9,11-12H,3-4,10,13,20H2,1-2H3. The van der Waals surface area contributed by atoms with Crippen LogP contribution in [0.1, 0.15) is 35.7 Å². The van der Waals surface area contributed by atoms with Gasteiger partial charge in [-0.25, -0.2) is 4.79 Å². The molecule has 0 unspecified atom stereocenters. The number of nitrogens with two attached hydrogens (primary N) is 1. The van der Waals surface area contributed by atoms with Crippen molar-refractivity contribution in [1.29, 1.82) is 0 Å². The van der Waals surface area contributed by atoms with E-state index in [0.29, 0.717) is 30.4 Å². The monoisotopic (exact) mass is 329 g/mol. The second-order valence-corrected chi connectivity index (χ2v) is 5.35. The maximum absolute atomic E-state index is 12.1. The van der Waals surface area contributed by atoms with Gasteiger partial charge < -0.3 is 19.9 Å². The number of benzene rings is 2. The summed E-state index contributed by atoms with van der Waals surface area (Å²) in [5.74, 6) is 0.486. The van der Waals surface area contributed by atoms with E-state index in [0.717, 1.165) is 18.4 Å². The predicted molar refractivity (Wildman–Crippen MR) is 93.4 cm³/mol. The van der Waals surface area contributed by atoms with E-state index in [1.165, 1.54) is 7.11 Å². The molecule has 0 aliphatic carbocycles. The van der Waals surface area contributed by atoms with Gasteiger partial charge in [-0.1, -0.05) is 43.7 Å². The van der Waals surface area contributed by atoms with Crippen LogP contribution in [0.15, 0.2) is 42.5 Å². The fourth-order valence-electron chi connectivity index (χ4n) is 2.15. The van der Waals surface area contributed by atoms with Crippen LogP contribution in [0.2, 0.25) is 0 Å². The van der Waals surface area contributed by atoms with Crippen molar-refractivity contribution >= 4 is 11.7 Å². The van der Waals surface area contributed by atoms with Crippen molar-refractivity contribution in [3.8, 4) is 11.5 Å². The van der Waals surface area contributed by atoms with Gasteiger partial charge in [0.15, 0.2) is 11.5 Å². The summed E-state index contributed by atoms with van der Waals surface area (Å²) in [7, 11) is 1.52. The van der Waals surface area contributed by atoms with Gasteiger partial charge in [0, 0.05) is 12.1 Å². The summed E-state index contributed by atoms with van der Waals surface area (Å²) in [4.78, 5) is 12.1. The van der Waals surface area contributed by atoms with Gasteiger partial charge in [0.2, 0.25) is 0 Å². The lowest BCUT2D eigenvalue weighted by molar-refractivity contribution is 0.0500. The van der Waals surface area contributed by atoms with Crippen molar-refractivity contribution in [2.75, 3.05) is 19.5 Å². The maximum atomic E-state index is 12.1. The lowest BCUT2D eigenvalue weighted by Crippen LogP contribution is -2.10. The Labute approximate surface area is 142 Å². The highest BCUT2D eigenvalue weighted by atomic mass is 16.5. The third-order valence-electron chi connectivity index (χ3n) is 3.52. The molecule has 5 nitrogen and oxygen atoms in total. The Morgan fingerprint density at radius 2 is 1.88 bits per heavy atom. The minimum absolute atomic E-state index is 0.287. The number of hydrogen-bond donors (Lipinski definition) is 1. The minimum atomic E-state index is -0.450. The molecule has 0 aliphatic heterocycles. The zero-order valence-corrected chi connectivity index (χ0v) is 14.1. The number of carbonyl (C=O) groups is 1. The lowest BCUT2D eigenvalue weighted by Gasteiger charge is -2.14. The summed E-state index contributed by atoms with van der Waals surface area (Å²) in [6.45, 7) is 2.80. The van der Waals surface area contributed by atoms with Gasteiger partial charge in [0.1, 0.15) is 6.61 Å². The third-order valence-corrected chi connectivity index (χ3v) is 3.52. The molecule has 0 saturated carbocycles. The van der Waals surface area contributed by atoms with Crippen molar-refractivity contribution in [2.24, 2.45) is 0 Å². The molecular formula is C19H23NO4. The van der Waals surface area contributed by atoms with Gasteiger partial charge in [0.05, 0.1) is 25.0 Å². The van der Waals surface area contributed by atoms with Crippen molar-refractivity contribution in [3.63, 3.8) is 0 Å². The van der Waals surface area contributed by atoms with Crippen LogP contribution >= 0.6 is 0 Å². The molecule has 2 aromatic carbocycles. The number of esters is 1. The number of anilines is 1. The zero-order chi connectivity index (χ0) is 17.4. The summed E-state index contributed by atoms with van der Waals surface area (Å²) in [5, 5.41) is 0. The molecule has 0 amide bonds. The van der Waals surface area contributed by atoms with Crippen molar-refractivity contribution in [3.05, 3.63) is 53.6 Å². The Morgan fingerprint density at radius 1 is 1.12 bits per heavy atom. The lowest BCUT2D eigenvalue weighted by atomic mass is 10.1. The van der Waals surface area contributed by atoms with E-state index in [9.17, 15) is 4.79 Å². The van der Waals surface area contributed by atoms with Crippen LogP contribution in [0.4, 0.5) is 5.69 Å². The number of rotatable bonds is 8. The molecule has 5 heteroatoms. The first-order valence-corrected chi connectivity index (χ1v) is 7.97. The molecule has 24 heavy (non-hydrogen) atoms. The summed E-state index contributed by atoms with van der Waals surface area (Å²) in [6, 6.07) is 12.9. The molecule has 0 bridgehead atoms. The summed E-state index contributed by atoms with van der Waals surface area (Å²) in [5.41, 5.74) is 7.60. The maximum Gasteiger partial charge on any atom is 0.340 e. The van der Waals surface area contributed by atoms with E-state index < -0.39 is 5.97 Å². The molecule has 0 aliphatic rings. The number of unbranched alkanes of at least 4 members (excludes halogenated alkanes) is 1. The van der Waals surface area contributed by atoms with Crippen LogP contribution in [-0.2, 0) is 11.3 Å². The van der Waals surface area contributed by atoms with Crippen LogP contribution in [0.5, 0.6) is 11.5 Å². The predicted octanol–water partition coefficient (Wildman–Crippen LogP) is 3.81. The SMILES string of the molecule is CCCCOC(=O)c1cc(OC)c(OCc2ccccc2)cc1N. The second-order valence-electron chi connectivity index (χ2n) is 5.35.